The van der Waals surface area contributed by atoms with Crippen molar-refractivity contribution >= 4 is 45.9 Å². The third-order valence-corrected chi connectivity index (χ3v) is 14.6. The van der Waals surface area contributed by atoms with Gasteiger partial charge in [-0.25, -0.2) is 10.4 Å². The number of rotatable bonds is 12. The summed E-state index contributed by atoms with van der Waals surface area (Å²) < 4.78 is 26.0. The molecular formula is C51H68N8O8S. The molecule has 16 nitrogen and oxygen atoms in total. The number of cyclic esters (lactones) is 1. The number of pyridine rings is 1. The molecule has 1 aromatic carbocycles. The van der Waals surface area contributed by atoms with E-state index < -0.39 is 46.4 Å². The van der Waals surface area contributed by atoms with Crippen LogP contribution >= 0.6 is 11.3 Å². The van der Waals surface area contributed by atoms with Gasteiger partial charge < -0.3 is 33.7 Å². The summed E-state index contributed by atoms with van der Waals surface area (Å²) in [6.45, 7) is 15.8. The molecule has 0 saturated carbocycles. The lowest BCUT2D eigenvalue weighted by Gasteiger charge is -2.41. The number of hydrogen-bond acceptors (Lipinski definition) is 13. The van der Waals surface area contributed by atoms with E-state index in [-0.39, 0.29) is 44.2 Å². The van der Waals surface area contributed by atoms with Gasteiger partial charge in [-0.3, -0.25) is 34.1 Å². The summed E-state index contributed by atoms with van der Waals surface area (Å²) in [7, 11) is 6.93. The van der Waals surface area contributed by atoms with E-state index in [1.54, 1.807) is 18.2 Å². The SMILES string of the molecule is CCn1c(-c2cccnc2[C@H](C)OC)c2c3cc(ccc31)-c1csc(n1)CC(CC)(NC(=O)[C@@H](COC1CN(C(=O)C#CC(C)(C)N(C)C)C1)OC)C(=O)N1CCC[C@H](N1)C(=O)OCC(C)(C)C2. The Bertz CT molecular complexity index is 2570. The first-order valence-corrected chi connectivity index (χ1v) is 24.5. The fourth-order valence-electron chi connectivity index (χ4n) is 8.93. The van der Waals surface area contributed by atoms with Crippen molar-refractivity contribution in [1.82, 2.24) is 40.1 Å². The molecule has 1 unspecified atom stereocenters. The van der Waals surface area contributed by atoms with Gasteiger partial charge in [0.2, 0.25) is 0 Å². The predicted octanol–water partition coefficient (Wildman–Crippen LogP) is 5.57. The number of aryl methyl sites for hydroxylation is 1. The largest absolute Gasteiger partial charge is 0.464 e. The molecular weight excluding hydrogens is 885 g/mol. The molecule has 3 aromatic heterocycles. The fourth-order valence-corrected chi connectivity index (χ4v) is 9.84. The van der Waals surface area contributed by atoms with E-state index in [9.17, 15) is 19.2 Å². The van der Waals surface area contributed by atoms with E-state index in [1.807, 2.05) is 58.1 Å². The highest BCUT2D eigenvalue weighted by atomic mass is 32.1. The van der Waals surface area contributed by atoms with Crippen molar-refractivity contribution in [3.05, 3.63) is 58.2 Å². The molecule has 0 radical (unpaired) electrons. The smallest absolute Gasteiger partial charge is 0.324 e. The van der Waals surface area contributed by atoms with Gasteiger partial charge in [-0.15, -0.1) is 11.3 Å². The van der Waals surface area contributed by atoms with Gasteiger partial charge in [0.15, 0.2) is 6.10 Å². The number of hydrazine groups is 1. The number of ether oxygens (including phenoxy) is 4. The van der Waals surface area contributed by atoms with Crippen molar-refractivity contribution in [1.29, 1.82) is 0 Å². The highest BCUT2D eigenvalue weighted by Gasteiger charge is 2.46. The third kappa shape index (κ3) is 10.7. The molecule has 3 amide bonds. The second-order valence-corrected chi connectivity index (χ2v) is 20.6. The standard InChI is InChI=1S/C51H68N8O8S/c1-12-51(54-46(61)41(65-11)29-66-34-27-57(28-34)43(60)20-21-50(6,7)56(8)9)26-42-53-39(30-68-42)33-18-19-40-36(24-33)37(45(58(40)13-2)35-16-14-22-52-44(35)32(3)64-10)25-49(4,5)31-67-47(62)38-17-15-23-59(55-38)48(51)63/h14,16,18-19,22,24,30,32,34,38,41,55H,12-13,15,17,23,25-29,31H2,1-11H3,(H,54,61)/t32-,38-,41+,51?/m0/s1. The molecule has 17 heteroatoms. The Morgan fingerprint density at radius 2 is 1.88 bits per heavy atom. The summed E-state index contributed by atoms with van der Waals surface area (Å²) >= 11 is 1.42. The van der Waals surface area contributed by atoms with Crippen LogP contribution in [0.2, 0.25) is 0 Å². The molecule has 6 bridgehead atoms. The van der Waals surface area contributed by atoms with E-state index in [0.29, 0.717) is 50.4 Å². The zero-order chi connectivity index (χ0) is 49.1. The van der Waals surface area contributed by atoms with Gasteiger partial charge in [-0.05, 0) is 103 Å². The summed E-state index contributed by atoms with van der Waals surface area (Å²) in [5.41, 5.74) is 7.38. The molecule has 4 aromatic rings. The number of methoxy groups -OCH3 is 2. The molecule has 6 heterocycles. The maximum atomic E-state index is 15.0. The minimum absolute atomic E-state index is 0.0776. The molecule has 4 atom stereocenters. The molecule has 3 aliphatic rings. The number of amides is 3. The highest BCUT2D eigenvalue weighted by Crippen LogP contribution is 2.42. The first-order chi connectivity index (χ1) is 32.3. The number of aromatic nitrogens is 3. The average molecular weight is 953 g/mol. The number of nitrogens with zero attached hydrogens (tertiary/aromatic N) is 6. The lowest BCUT2D eigenvalue weighted by molar-refractivity contribution is -0.158. The van der Waals surface area contributed by atoms with Crippen LogP contribution in [0.1, 0.15) is 90.1 Å². The third-order valence-electron chi connectivity index (χ3n) is 13.8. The van der Waals surface area contributed by atoms with Crippen LogP contribution in [0.4, 0.5) is 0 Å². The van der Waals surface area contributed by atoms with Gasteiger partial charge in [-0.1, -0.05) is 32.8 Å². The fraction of sp³-hybridized carbons (Fsp3) is 0.569. The van der Waals surface area contributed by atoms with Gasteiger partial charge in [0.25, 0.3) is 17.7 Å². The van der Waals surface area contributed by atoms with Gasteiger partial charge >= 0.3 is 5.97 Å². The quantitative estimate of drug-likeness (QED) is 0.134. The Kier molecular flexibility index (Phi) is 15.5. The zero-order valence-corrected chi connectivity index (χ0v) is 42.3. The summed E-state index contributed by atoms with van der Waals surface area (Å²) in [5.74, 6) is 4.10. The number of likely N-dealkylation sites (tertiary alicyclic amines) is 1. The number of esters is 1. The van der Waals surface area contributed by atoms with Crippen molar-refractivity contribution in [2.75, 3.05) is 61.2 Å². The number of thiazole rings is 1. The maximum absolute atomic E-state index is 15.0. The predicted molar refractivity (Wildman–Crippen MR) is 261 cm³/mol. The molecule has 0 aliphatic carbocycles. The lowest BCUT2D eigenvalue weighted by atomic mass is 9.84. The first-order valence-electron chi connectivity index (χ1n) is 23.6. The van der Waals surface area contributed by atoms with E-state index >= 15 is 0 Å². The molecule has 366 valence electrons. The Balaban J connectivity index is 1.21. The number of nitrogens with one attached hydrogen (secondary N) is 2. The lowest BCUT2D eigenvalue weighted by Crippen LogP contribution is -2.67. The molecule has 3 aliphatic heterocycles. The minimum Gasteiger partial charge on any atom is -0.464 e. The second kappa shape index (κ2) is 20.8. The topological polar surface area (TPSA) is 170 Å². The number of hydrogen-bond donors (Lipinski definition) is 2. The molecule has 68 heavy (non-hydrogen) atoms. The molecule has 2 fully saturated rings. The highest BCUT2D eigenvalue weighted by molar-refractivity contribution is 7.10. The molecule has 2 N–H and O–H groups in total. The van der Waals surface area contributed by atoms with Gasteiger partial charge in [0, 0.05) is 85.8 Å². The van der Waals surface area contributed by atoms with Crippen molar-refractivity contribution in [2.24, 2.45) is 5.41 Å². The van der Waals surface area contributed by atoms with Crippen LogP contribution in [0.5, 0.6) is 0 Å². The Hall–Kier alpha value is -5.22. The van der Waals surface area contributed by atoms with E-state index in [0.717, 1.165) is 44.7 Å². The number of carbonyl (C=O) groups is 4. The Morgan fingerprint density at radius 3 is 2.57 bits per heavy atom. The van der Waals surface area contributed by atoms with Crippen LogP contribution in [-0.2, 0) is 57.5 Å². The van der Waals surface area contributed by atoms with Crippen LogP contribution in [-0.4, -0.2) is 144 Å². The van der Waals surface area contributed by atoms with Crippen LogP contribution in [0, 0.1) is 17.3 Å². The van der Waals surface area contributed by atoms with Crippen molar-refractivity contribution in [2.45, 2.75) is 123 Å². The Labute approximate surface area is 404 Å². The summed E-state index contributed by atoms with van der Waals surface area (Å²) in [6.07, 6.45) is 2.03. The van der Waals surface area contributed by atoms with Gasteiger partial charge in [0.05, 0.1) is 53.1 Å². The van der Waals surface area contributed by atoms with Crippen molar-refractivity contribution < 1.29 is 38.1 Å². The van der Waals surface area contributed by atoms with Crippen molar-refractivity contribution in [3.63, 3.8) is 0 Å². The zero-order valence-electron chi connectivity index (χ0n) is 41.5. The number of benzene rings is 1. The summed E-state index contributed by atoms with van der Waals surface area (Å²) in [6, 6.07) is 9.65. The number of fused-ring (bicyclic) bond motifs is 6. The van der Waals surface area contributed by atoms with E-state index in [4.69, 9.17) is 28.9 Å². The second-order valence-electron chi connectivity index (χ2n) is 19.7. The monoisotopic (exact) mass is 952 g/mol. The van der Waals surface area contributed by atoms with Crippen LogP contribution in [0.25, 0.3) is 33.4 Å². The summed E-state index contributed by atoms with van der Waals surface area (Å²) in [5, 5.41) is 8.24. The van der Waals surface area contributed by atoms with Gasteiger partial charge in [0.1, 0.15) is 11.6 Å². The van der Waals surface area contributed by atoms with E-state index in [2.05, 4.69) is 72.2 Å². The normalized spacial score (nSPS) is 21.1. The Morgan fingerprint density at radius 1 is 1.12 bits per heavy atom. The van der Waals surface area contributed by atoms with Gasteiger partial charge in [-0.2, -0.15) is 0 Å². The first kappa shape index (κ1) is 50.7. The van der Waals surface area contributed by atoms with Crippen LogP contribution < -0.4 is 10.7 Å². The average Bonchev–Trinajstić information content (AvgIpc) is 3.90. The minimum atomic E-state index is -1.49. The molecule has 2 saturated heterocycles. The van der Waals surface area contributed by atoms with E-state index in [1.165, 1.54) is 23.5 Å². The van der Waals surface area contributed by atoms with Crippen molar-refractivity contribution in [3.8, 4) is 34.4 Å². The molecule has 7 rings (SSSR count). The number of carbonyl (C=O) groups excluding carboxylic acids is 4. The molecule has 0 spiro atoms. The van der Waals surface area contributed by atoms with Crippen LogP contribution in [0.3, 0.4) is 0 Å². The maximum Gasteiger partial charge on any atom is 0.324 e. The summed E-state index contributed by atoms with van der Waals surface area (Å²) in [4.78, 5) is 69.5. The van der Waals surface area contributed by atoms with Crippen LogP contribution in [0.15, 0.2) is 41.9 Å².